The lowest BCUT2D eigenvalue weighted by atomic mass is 10.1. The molecule has 0 aliphatic rings. The molecule has 3 nitrogen and oxygen atoms in total. The molecule has 0 saturated carbocycles. The van der Waals surface area contributed by atoms with Gasteiger partial charge in [-0.25, -0.2) is 4.57 Å². The molecule has 0 atom stereocenters. The Balaban J connectivity index is 1.85. The smallest absolute Gasteiger partial charge is 0.169 e. The van der Waals surface area contributed by atoms with Crippen molar-refractivity contribution >= 4 is 17.8 Å². The molecule has 0 N–H and O–H groups in total. The third-order valence-electron chi connectivity index (χ3n) is 4.87. The van der Waals surface area contributed by atoms with E-state index in [-0.39, 0.29) is 0 Å². The first-order valence-electron chi connectivity index (χ1n) is 10.4. The molecule has 0 amide bonds. The standard InChI is InChI=1S/C25H37N3/c1-6-27(7-2)25-15-13-23(14-16-25)11-8-9-12-24-17-20-26(21-18-24)19-10-22-28(3,4)5/h8-9,11-18,20-21H,6-7,10,19,22H2,1-5H3/q+2. The van der Waals surface area contributed by atoms with Crippen LogP contribution in [0.3, 0.4) is 0 Å². The van der Waals surface area contributed by atoms with E-state index >= 15 is 0 Å². The van der Waals surface area contributed by atoms with Gasteiger partial charge in [0.2, 0.25) is 0 Å². The lowest BCUT2D eigenvalue weighted by Gasteiger charge is -2.22. The van der Waals surface area contributed by atoms with Gasteiger partial charge in [0.25, 0.3) is 0 Å². The highest BCUT2D eigenvalue weighted by atomic mass is 15.3. The Labute approximate surface area is 171 Å². The van der Waals surface area contributed by atoms with E-state index in [0.717, 1.165) is 24.1 Å². The quantitative estimate of drug-likeness (QED) is 0.331. The number of benzene rings is 1. The molecule has 0 aliphatic heterocycles. The van der Waals surface area contributed by atoms with Crippen molar-refractivity contribution in [3.63, 3.8) is 0 Å². The van der Waals surface area contributed by atoms with Gasteiger partial charge in [0.05, 0.1) is 34.1 Å². The summed E-state index contributed by atoms with van der Waals surface area (Å²) in [4.78, 5) is 2.36. The van der Waals surface area contributed by atoms with Crippen LogP contribution in [0, 0.1) is 0 Å². The zero-order valence-electron chi connectivity index (χ0n) is 18.3. The molecule has 0 radical (unpaired) electrons. The van der Waals surface area contributed by atoms with Gasteiger partial charge in [0.15, 0.2) is 18.9 Å². The minimum Gasteiger partial charge on any atom is -0.372 e. The van der Waals surface area contributed by atoms with E-state index in [4.69, 9.17) is 0 Å². The van der Waals surface area contributed by atoms with Crippen LogP contribution < -0.4 is 9.47 Å². The third kappa shape index (κ3) is 7.69. The Morgan fingerprint density at radius 2 is 1.36 bits per heavy atom. The van der Waals surface area contributed by atoms with Gasteiger partial charge >= 0.3 is 0 Å². The summed E-state index contributed by atoms with van der Waals surface area (Å²) in [7, 11) is 6.72. The van der Waals surface area contributed by atoms with Crippen LogP contribution in [0.25, 0.3) is 12.2 Å². The van der Waals surface area contributed by atoms with E-state index in [0.29, 0.717) is 0 Å². The largest absolute Gasteiger partial charge is 0.372 e. The van der Waals surface area contributed by atoms with Gasteiger partial charge in [-0.1, -0.05) is 36.4 Å². The van der Waals surface area contributed by atoms with Crippen LogP contribution in [-0.2, 0) is 6.54 Å². The van der Waals surface area contributed by atoms with E-state index in [2.05, 4.69) is 118 Å². The Morgan fingerprint density at radius 3 is 1.86 bits per heavy atom. The highest BCUT2D eigenvalue weighted by Crippen LogP contribution is 2.15. The monoisotopic (exact) mass is 379 g/mol. The second-order valence-corrected chi connectivity index (χ2v) is 8.22. The molecule has 1 aromatic heterocycles. The number of anilines is 1. The Hall–Kier alpha value is -2.39. The number of rotatable bonds is 10. The lowest BCUT2D eigenvalue weighted by Crippen LogP contribution is -2.39. The minimum atomic E-state index is 1.02. The Kier molecular flexibility index (Phi) is 8.46. The first-order valence-corrected chi connectivity index (χ1v) is 10.4. The van der Waals surface area contributed by atoms with Crippen LogP contribution in [0.5, 0.6) is 0 Å². The number of hydrogen-bond acceptors (Lipinski definition) is 1. The number of hydrogen-bond donors (Lipinski definition) is 0. The second-order valence-electron chi connectivity index (χ2n) is 8.22. The fourth-order valence-corrected chi connectivity index (χ4v) is 3.18. The predicted octanol–water partition coefficient (Wildman–Crippen LogP) is 4.64. The molecular formula is C25H37N3+2. The summed E-state index contributed by atoms with van der Waals surface area (Å²) in [5.41, 5.74) is 3.74. The highest BCUT2D eigenvalue weighted by Gasteiger charge is 2.08. The molecule has 0 aliphatic carbocycles. The summed E-state index contributed by atoms with van der Waals surface area (Å²) < 4.78 is 3.28. The molecule has 0 saturated heterocycles. The van der Waals surface area contributed by atoms with Crippen LogP contribution in [0.1, 0.15) is 31.4 Å². The van der Waals surface area contributed by atoms with Crippen molar-refractivity contribution in [3.8, 4) is 0 Å². The summed E-state index contributed by atoms with van der Waals surface area (Å²) in [6.07, 6.45) is 14.0. The van der Waals surface area contributed by atoms with Crippen molar-refractivity contribution in [2.24, 2.45) is 0 Å². The van der Waals surface area contributed by atoms with Crippen LogP contribution in [0.2, 0.25) is 0 Å². The predicted molar refractivity (Wildman–Crippen MR) is 122 cm³/mol. The average Bonchev–Trinajstić information content (AvgIpc) is 2.67. The van der Waals surface area contributed by atoms with Gasteiger partial charge in [-0.15, -0.1) is 0 Å². The number of quaternary nitrogens is 1. The van der Waals surface area contributed by atoms with Crippen LogP contribution in [0.4, 0.5) is 5.69 Å². The van der Waals surface area contributed by atoms with Gasteiger partial charge < -0.3 is 9.38 Å². The third-order valence-corrected chi connectivity index (χ3v) is 4.87. The molecule has 2 rings (SSSR count). The molecule has 2 aromatic rings. The van der Waals surface area contributed by atoms with E-state index in [1.165, 1.54) is 29.8 Å². The maximum absolute atomic E-state index is 2.36. The van der Waals surface area contributed by atoms with Crippen molar-refractivity contribution in [1.82, 2.24) is 0 Å². The fraction of sp³-hybridized carbons (Fsp3) is 0.400. The summed E-state index contributed by atoms with van der Waals surface area (Å²) in [5.74, 6) is 0. The first kappa shape index (κ1) is 21.9. The number of nitrogens with zero attached hydrogens (tertiary/aromatic N) is 3. The normalized spacial score (nSPS) is 12.2. The summed E-state index contributed by atoms with van der Waals surface area (Å²) in [6.45, 7) is 8.73. The lowest BCUT2D eigenvalue weighted by molar-refractivity contribution is -0.873. The first-order chi connectivity index (χ1) is 13.4. The van der Waals surface area contributed by atoms with E-state index in [1.807, 2.05) is 0 Å². The average molecular weight is 380 g/mol. The van der Waals surface area contributed by atoms with Crippen LogP contribution >= 0.6 is 0 Å². The SMILES string of the molecule is CCN(CC)c1ccc(/C=C/C=Cc2cc[n+](CCC[N+](C)(C)C)cc2)cc1. The van der Waals surface area contributed by atoms with Crippen molar-refractivity contribution in [3.05, 3.63) is 72.1 Å². The molecule has 0 fully saturated rings. The van der Waals surface area contributed by atoms with Gasteiger partial charge in [0, 0.05) is 30.9 Å². The van der Waals surface area contributed by atoms with Gasteiger partial charge in [0.1, 0.15) is 0 Å². The van der Waals surface area contributed by atoms with E-state index in [1.54, 1.807) is 0 Å². The van der Waals surface area contributed by atoms with Crippen molar-refractivity contribution in [2.75, 3.05) is 45.7 Å². The van der Waals surface area contributed by atoms with E-state index < -0.39 is 0 Å². The van der Waals surface area contributed by atoms with Crippen molar-refractivity contribution < 1.29 is 9.05 Å². The zero-order valence-corrected chi connectivity index (χ0v) is 18.3. The van der Waals surface area contributed by atoms with Gasteiger partial charge in [-0.05, 0) is 37.1 Å². The molecule has 0 unspecified atom stereocenters. The van der Waals surface area contributed by atoms with Crippen LogP contribution in [0.15, 0.2) is 60.9 Å². The Bertz CT molecular complexity index is 746. The molecule has 3 heteroatoms. The van der Waals surface area contributed by atoms with Gasteiger partial charge in [-0.2, -0.15) is 0 Å². The van der Waals surface area contributed by atoms with Crippen LogP contribution in [-0.4, -0.2) is 45.3 Å². The maximum atomic E-state index is 2.36. The molecular weight excluding hydrogens is 342 g/mol. The number of allylic oxidation sites excluding steroid dienone is 2. The van der Waals surface area contributed by atoms with E-state index in [9.17, 15) is 0 Å². The molecule has 1 heterocycles. The molecule has 1 aromatic carbocycles. The highest BCUT2D eigenvalue weighted by molar-refractivity contribution is 5.59. The van der Waals surface area contributed by atoms with Crippen molar-refractivity contribution in [2.45, 2.75) is 26.8 Å². The maximum Gasteiger partial charge on any atom is 0.169 e. The summed E-state index contributed by atoms with van der Waals surface area (Å²) in [5, 5.41) is 0. The second kappa shape index (κ2) is 10.8. The topological polar surface area (TPSA) is 7.12 Å². The summed E-state index contributed by atoms with van der Waals surface area (Å²) >= 11 is 0. The fourth-order valence-electron chi connectivity index (χ4n) is 3.18. The number of aryl methyl sites for hydroxylation is 1. The van der Waals surface area contributed by atoms with Gasteiger partial charge in [-0.3, -0.25) is 0 Å². The molecule has 150 valence electrons. The molecule has 28 heavy (non-hydrogen) atoms. The number of aromatic nitrogens is 1. The van der Waals surface area contributed by atoms with Crippen molar-refractivity contribution in [1.29, 1.82) is 0 Å². The zero-order chi connectivity index (χ0) is 20.4. The minimum absolute atomic E-state index is 1.02. The Morgan fingerprint density at radius 1 is 0.821 bits per heavy atom. The summed E-state index contributed by atoms with van der Waals surface area (Å²) in [6, 6.07) is 13.1. The molecule has 0 bridgehead atoms. The number of pyridine rings is 1. The molecule has 0 spiro atoms.